The second-order valence-electron chi connectivity index (χ2n) is 4.07. The van der Waals surface area contributed by atoms with E-state index in [9.17, 15) is 4.39 Å². The molecule has 18 heavy (non-hydrogen) atoms. The lowest BCUT2D eigenvalue weighted by atomic mass is 9.95. The highest BCUT2D eigenvalue weighted by molar-refractivity contribution is 5.37. The van der Waals surface area contributed by atoms with Crippen LogP contribution in [0.1, 0.15) is 22.7 Å². The third-order valence-corrected chi connectivity index (χ3v) is 2.96. The minimum Gasteiger partial charge on any atom is -0.337 e. The molecule has 1 aromatic heterocycles. The number of nitriles is 1. The molecule has 1 aromatic carbocycles. The van der Waals surface area contributed by atoms with E-state index in [0.29, 0.717) is 6.54 Å². The summed E-state index contributed by atoms with van der Waals surface area (Å²) in [6, 6.07) is 6.37. The van der Waals surface area contributed by atoms with Crippen LogP contribution >= 0.6 is 0 Å². The van der Waals surface area contributed by atoms with Gasteiger partial charge in [-0.1, -0.05) is 6.07 Å². The number of nitrogens with two attached hydrogens (primary N) is 1. The summed E-state index contributed by atoms with van der Waals surface area (Å²) in [5, 5.41) is 8.70. The van der Waals surface area contributed by atoms with E-state index in [0.717, 1.165) is 11.3 Å². The number of hydrogen-bond donors (Lipinski definition) is 1. The summed E-state index contributed by atoms with van der Waals surface area (Å²) in [5.74, 6) is -0.643. The van der Waals surface area contributed by atoms with Gasteiger partial charge < -0.3 is 10.3 Å². The molecule has 1 atom stereocenters. The van der Waals surface area contributed by atoms with Gasteiger partial charge >= 0.3 is 0 Å². The van der Waals surface area contributed by atoms with Crippen LogP contribution in [0.2, 0.25) is 0 Å². The molecule has 5 heteroatoms. The van der Waals surface area contributed by atoms with Crippen molar-refractivity contribution in [1.29, 1.82) is 5.26 Å². The number of benzene rings is 1. The highest BCUT2D eigenvalue weighted by Gasteiger charge is 2.17. The molecular formula is C13H13FN4. The predicted octanol–water partition coefficient (Wildman–Crippen LogP) is 1.52. The Morgan fingerprint density at radius 3 is 2.83 bits per heavy atom. The summed E-state index contributed by atoms with van der Waals surface area (Å²) >= 11 is 0. The van der Waals surface area contributed by atoms with Gasteiger partial charge in [0.15, 0.2) is 0 Å². The minimum absolute atomic E-state index is 0.0412. The van der Waals surface area contributed by atoms with Crippen LogP contribution in [0.4, 0.5) is 4.39 Å². The Labute approximate surface area is 104 Å². The fourth-order valence-electron chi connectivity index (χ4n) is 1.97. The van der Waals surface area contributed by atoms with Crippen LogP contribution < -0.4 is 5.73 Å². The van der Waals surface area contributed by atoms with Gasteiger partial charge in [-0.25, -0.2) is 9.37 Å². The first-order valence-electron chi connectivity index (χ1n) is 5.53. The maximum atomic E-state index is 13.6. The highest BCUT2D eigenvalue weighted by atomic mass is 19.1. The Morgan fingerprint density at radius 2 is 2.33 bits per heavy atom. The van der Waals surface area contributed by atoms with Crippen molar-refractivity contribution in [1.82, 2.24) is 9.55 Å². The molecule has 0 saturated carbocycles. The zero-order valence-corrected chi connectivity index (χ0v) is 9.97. The first-order chi connectivity index (χ1) is 8.67. The van der Waals surface area contributed by atoms with Crippen molar-refractivity contribution >= 4 is 0 Å². The second-order valence-corrected chi connectivity index (χ2v) is 4.07. The van der Waals surface area contributed by atoms with Crippen molar-refractivity contribution in [2.45, 2.75) is 5.92 Å². The predicted molar refractivity (Wildman–Crippen MR) is 65.2 cm³/mol. The van der Waals surface area contributed by atoms with E-state index in [-0.39, 0.29) is 11.5 Å². The van der Waals surface area contributed by atoms with Crippen LogP contribution in [0, 0.1) is 17.1 Å². The molecule has 0 aliphatic rings. The van der Waals surface area contributed by atoms with Crippen molar-refractivity contribution in [3.8, 4) is 6.07 Å². The van der Waals surface area contributed by atoms with E-state index in [1.165, 1.54) is 12.1 Å². The Balaban J connectivity index is 2.44. The Kier molecular flexibility index (Phi) is 3.40. The second kappa shape index (κ2) is 4.98. The Bertz CT molecular complexity index is 597. The number of imidazole rings is 1. The van der Waals surface area contributed by atoms with Crippen molar-refractivity contribution in [2.24, 2.45) is 12.8 Å². The lowest BCUT2D eigenvalue weighted by molar-refractivity contribution is 0.617. The smallest absolute Gasteiger partial charge is 0.141 e. The zero-order valence-electron chi connectivity index (χ0n) is 9.97. The third-order valence-electron chi connectivity index (χ3n) is 2.96. The maximum Gasteiger partial charge on any atom is 0.141 e. The number of nitrogens with zero attached hydrogens (tertiary/aromatic N) is 3. The van der Waals surface area contributed by atoms with Gasteiger partial charge in [0.2, 0.25) is 0 Å². The number of halogens is 1. The summed E-state index contributed by atoms with van der Waals surface area (Å²) < 4.78 is 15.5. The molecule has 0 saturated heterocycles. The fraction of sp³-hybridized carbons (Fsp3) is 0.231. The molecule has 92 valence electrons. The standard InChI is InChI=1S/C13H13FN4/c1-18-8-17-7-13(18)11(6-16)9-2-3-10(5-15)12(14)4-9/h2-4,7-8,11H,6,16H2,1H3/t11-/m1/s1. The zero-order chi connectivity index (χ0) is 13.1. The van der Waals surface area contributed by atoms with Crippen LogP contribution in [0.25, 0.3) is 0 Å². The van der Waals surface area contributed by atoms with Crippen molar-refractivity contribution in [3.63, 3.8) is 0 Å². The van der Waals surface area contributed by atoms with Gasteiger partial charge in [0.1, 0.15) is 11.9 Å². The number of hydrogen-bond acceptors (Lipinski definition) is 3. The molecule has 2 N–H and O–H groups in total. The summed E-state index contributed by atoms with van der Waals surface area (Å²) in [6.45, 7) is 0.352. The molecule has 2 aromatic rings. The van der Waals surface area contributed by atoms with Crippen molar-refractivity contribution in [3.05, 3.63) is 53.4 Å². The number of aryl methyl sites for hydroxylation is 1. The molecule has 1 heterocycles. The van der Waals surface area contributed by atoms with Gasteiger partial charge in [-0.2, -0.15) is 5.26 Å². The van der Waals surface area contributed by atoms with Gasteiger partial charge in [-0.3, -0.25) is 0 Å². The lowest BCUT2D eigenvalue weighted by Crippen LogP contribution is -2.16. The number of rotatable bonds is 3. The van der Waals surface area contributed by atoms with Gasteiger partial charge in [0.25, 0.3) is 0 Å². The first kappa shape index (κ1) is 12.3. The first-order valence-corrected chi connectivity index (χ1v) is 5.53. The fourth-order valence-corrected chi connectivity index (χ4v) is 1.97. The van der Waals surface area contributed by atoms with E-state index < -0.39 is 5.82 Å². The Hall–Kier alpha value is -2.19. The Morgan fingerprint density at radius 1 is 1.56 bits per heavy atom. The molecule has 0 bridgehead atoms. The third kappa shape index (κ3) is 2.11. The van der Waals surface area contributed by atoms with Gasteiger partial charge in [0.05, 0.1) is 11.9 Å². The average Bonchev–Trinajstić information content (AvgIpc) is 2.77. The molecule has 0 spiro atoms. The van der Waals surface area contributed by atoms with E-state index in [4.69, 9.17) is 11.0 Å². The summed E-state index contributed by atoms with van der Waals surface area (Å²) in [6.07, 6.45) is 3.39. The molecule has 0 amide bonds. The summed E-state index contributed by atoms with van der Waals surface area (Å²) in [7, 11) is 1.87. The van der Waals surface area contributed by atoms with Crippen LogP contribution in [0.15, 0.2) is 30.7 Å². The molecule has 0 fully saturated rings. The largest absolute Gasteiger partial charge is 0.337 e. The van der Waals surface area contributed by atoms with E-state index in [2.05, 4.69) is 4.98 Å². The topological polar surface area (TPSA) is 67.6 Å². The highest BCUT2D eigenvalue weighted by Crippen LogP contribution is 2.24. The van der Waals surface area contributed by atoms with Crippen molar-refractivity contribution < 1.29 is 4.39 Å². The molecule has 4 nitrogen and oxygen atoms in total. The SMILES string of the molecule is Cn1cncc1[C@H](CN)c1ccc(C#N)c(F)c1. The molecule has 0 radical (unpaired) electrons. The lowest BCUT2D eigenvalue weighted by Gasteiger charge is -2.16. The van der Waals surface area contributed by atoms with Crippen LogP contribution in [-0.2, 0) is 7.05 Å². The van der Waals surface area contributed by atoms with E-state index >= 15 is 0 Å². The van der Waals surface area contributed by atoms with Crippen LogP contribution in [0.5, 0.6) is 0 Å². The van der Waals surface area contributed by atoms with Crippen LogP contribution in [-0.4, -0.2) is 16.1 Å². The monoisotopic (exact) mass is 244 g/mol. The molecule has 0 unspecified atom stereocenters. The average molecular weight is 244 g/mol. The quantitative estimate of drug-likeness (QED) is 0.890. The normalized spacial score (nSPS) is 12.1. The van der Waals surface area contributed by atoms with E-state index in [1.54, 1.807) is 24.7 Å². The van der Waals surface area contributed by atoms with Crippen molar-refractivity contribution in [2.75, 3.05) is 6.54 Å². The molecule has 2 rings (SSSR count). The molecule has 0 aliphatic heterocycles. The van der Waals surface area contributed by atoms with E-state index in [1.807, 2.05) is 11.6 Å². The van der Waals surface area contributed by atoms with Crippen LogP contribution in [0.3, 0.4) is 0 Å². The van der Waals surface area contributed by atoms with Gasteiger partial charge in [-0.15, -0.1) is 0 Å². The summed E-state index contributed by atoms with van der Waals surface area (Å²) in [4.78, 5) is 4.03. The summed E-state index contributed by atoms with van der Waals surface area (Å²) in [5.41, 5.74) is 7.46. The van der Waals surface area contributed by atoms with Gasteiger partial charge in [0, 0.05) is 31.4 Å². The molecular weight excluding hydrogens is 231 g/mol. The number of aromatic nitrogens is 2. The van der Waals surface area contributed by atoms with Gasteiger partial charge in [-0.05, 0) is 17.7 Å². The minimum atomic E-state index is -0.518. The maximum absolute atomic E-state index is 13.6. The molecule has 0 aliphatic carbocycles.